The highest BCUT2D eigenvalue weighted by molar-refractivity contribution is 9.10. The maximum absolute atomic E-state index is 12.2. The second-order valence-corrected chi connectivity index (χ2v) is 6.16. The summed E-state index contributed by atoms with van der Waals surface area (Å²) in [4.78, 5) is 14.0. The quantitative estimate of drug-likeness (QED) is 0.897. The Labute approximate surface area is 132 Å². The number of rotatable bonds is 4. The van der Waals surface area contributed by atoms with Crippen LogP contribution in [0.4, 0.5) is 0 Å². The summed E-state index contributed by atoms with van der Waals surface area (Å²) in [6.07, 6.45) is 3.13. The van der Waals surface area contributed by atoms with Crippen molar-refractivity contribution in [2.75, 3.05) is 19.7 Å². The zero-order valence-corrected chi connectivity index (χ0v) is 13.5. The van der Waals surface area contributed by atoms with Gasteiger partial charge in [0.2, 0.25) is 0 Å². The number of carbonyl (C=O) groups is 1. The molecular weight excluding hydrogens is 344 g/mol. The van der Waals surface area contributed by atoms with E-state index in [0.29, 0.717) is 17.3 Å². The van der Waals surface area contributed by atoms with Crippen molar-refractivity contribution in [3.63, 3.8) is 0 Å². The molecule has 0 aromatic heterocycles. The molecule has 1 heterocycles. The largest absolute Gasteiger partial charge is 0.482 e. The molecule has 0 saturated carbocycles. The van der Waals surface area contributed by atoms with Gasteiger partial charge < -0.3 is 15.4 Å². The first kappa shape index (κ1) is 15.6. The van der Waals surface area contributed by atoms with Gasteiger partial charge in [-0.3, -0.25) is 4.79 Å². The number of halogens is 2. The van der Waals surface area contributed by atoms with Crippen LogP contribution in [-0.2, 0) is 4.79 Å². The van der Waals surface area contributed by atoms with Crippen molar-refractivity contribution in [3.05, 3.63) is 27.7 Å². The summed E-state index contributed by atoms with van der Waals surface area (Å²) in [5.74, 6) is 0.489. The number of likely N-dealkylation sites (tertiary alicyclic amines) is 1. The molecule has 0 aliphatic carbocycles. The van der Waals surface area contributed by atoms with Crippen LogP contribution in [0.25, 0.3) is 0 Å². The van der Waals surface area contributed by atoms with Crippen LogP contribution in [0.1, 0.15) is 19.3 Å². The van der Waals surface area contributed by atoms with Gasteiger partial charge in [-0.05, 0) is 37.5 Å². The molecule has 0 radical (unpaired) electrons. The second-order valence-electron chi connectivity index (χ2n) is 4.84. The maximum atomic E-state index is 12.2. The third kappa shape index (κ3) is 3.87. The van der Waals surface area contributed by atoms with E-state index in [4.69, 9.17) is 22.1 Å². The predicted octanol–water partition coefficient (Wildman–Crippen LogP) is 2.82. The third-order valence-electron chi connectivity index (χ3n) is 3.46. The van der Waals surface area contributed by atoms with E-state index in [1.807, 2.05) is 11.0 Å². The van der Waals surface area contributed by atoms with E-state index in [9.17, 15) is 4.79 Å². The van der Waals surface area contributed by atoms with Crippen LogP contribution in [-0.4, -0.2) is 36.5 Å². The lowest BCUT2D eigenvalue weighted by atomic mass is 10.0. The summed E-state index contributed by atoms with van der Waals surface area (Å²) in [6, 6.07) is 5.46. The van der Waals surface area contributed by atoms with Gasteiger partial charge in [0.05, 0.1) is 5.02 Å². The molecule has 2 N–H and O–H groups in total. The van der Waals surface area contributed by atoms with Crippen molar-refractivity contribution in [2.45, 2.75) is 25.3 Å². The normalized spacial score (nSPS) is 18.9. The van der Waals surface area contributed by atoms with Crippen molar-refractivity contribution in [2.24, 2.45) is 5.73 Å². The molecule has 1 amide bonds. The van der Waals surface area contributed by atoms with Crippen molar-refractivity contribution in [1.29, 1.82) is 0 Å². The summed E-state index contributed by atoms with van der Waals surface area (Å²) in [5.41, 5.74) is 5.72. The number of nitrogens with two attached hydrogens (primary N) is 1. The lowest BCUT2D eigenvalue weighted by molar-refractivity contribution is -0.136. The van der Waals surface area contributed by atoms with Crippen molar-refractivity contribution < 1.29 is 9.53 Å². The number of ether oxygens (including phenoxy) is 1. The van der Waals surface area contributed by atoms with Crippen molar-refractivity contribution in [3.8, 4) is 5.75 Å². The highest BCUT2D eigenvalue weighted by Gasteiger charge is 2.25. The minimum absolute atomic E-state index is 0.00213. The Morgan fingerprint density at radius 2 is 2.30 bits per heavy atom. The minimum Gasteiger partial charge on any atom is -0.482 e. The fraction of sp³-hybridized carbons (Fsp3) is 0.500. The summed E-state index contributed by atoms with van der Waals surface area (Å²) >= 11 is 9.38. The molecule has 0 spiro atoms. The summed E-state index contributed by atoms with van der Waals surface area (Å²) in [5, 5.41) is 0.487. The van der Waals surface area contributed by atoms with E-state index >= 15 is 0 Å². The number of nitrogens with zero attached hydrogens (tertiary/aromatic N) is 1. The first-order chi connectivity index (χ1) is 9.61. The van der Waals surface area contributed by atoms with E-state index < -0.39 is 0 Å². The molecule has 1 aromatic carbocycles. The molecule has 1 saturated heterocycles. The zero-order chi connectivity index (χ0) is 14.5. The molecule has 110 valence electrons. The molecule has 1 aliphatic heterocycles. The molecule has 6 heteroatoms. The SMILES string of the molecule is NCC1CCCCN1C(=O)COc1ccc(Br)cc1Cl. The van der Waals surface area contributed by atoms with E-state index in [1.54, 1.807) is 12.1 Å². The molecular formula is C14H18BrClN2O2. The molecule has 1 fully saturated rings. The van der Waals surface area contributed by atoms with Crippen LogP contribution in [0.15, 0.2) is 22.7 Å². The zero-order valence-electron chi connectivity index (χ0n) is 11.1. The van der Waals surface area contributed by atoms with E-state index in [2.05, 4.69) is 15.9 Å². The highest BCUT2D eigenvalue weighted by Crippen LogP contribution is 2.27. The fourth-order valence-corrected chi connectivity index (χ4v) is 3.12. The van der Waals surface area contributed by atoms with Crippen LogP contribution < -0.4 is 10.5 Å². The van der Waals surface area contributed by atoms with E-state index in [-0.39, 0.29) is 18.6 Å². The first-order valence-electron chi connectivity index (χ1n) is 6.69. The lowest BCUT2D eigenvalue weighted by Crippen LogP contribution is -2.49. The number of amides is 1. The molecule has 0 bridgehead atoms. The summed E-state index contributed by atoms with van der Waals surface area (Å²) in [6.45, 7) is 1.26. The van der Waals surface area contributed by atoms with Gasteiger partial charge in [-0.25, -0.2) is 0 Å². The number of benzene rings is 1. The molecule has 1 unspecified atom stereocenters. The van der Waals surface area contributed by atoms with Crippen LogP contribution in [0.5, 0.6) is 5.75 Å². The van der Waals surface area contributed by atoms with Crippen molar-refractivity contribution >= 4 is 33.4 Å². The first-order valence-corrected chi connectivity index (χ1v) is 7.86. The molecule has 1 aliphatic rings. The van der Waals surface area contributed by atoms with Crippen LogP contribution in [0.3, 0.4) is 0 Å². The topological polar surface area (TPSA) is 55.6 Å². The summed E-state index contributed by atoms with van der Waals surface area (Å²) < 4.78 is 6.39. The van der Waals surface area contributed by atoms with Crippen LogP contribution >= 0.6 is 27.5 Å². The molecule has 4 nitrogen and oxygen atoms in total. The number of hydrogen-bond donors (Lipinski definition) is 1. The molecule has 20 heavy (non-hydrogen) atoms. The van der Waals surface area contributed by atoms with Gasteiger partial charge in [0, 0.05) is 23.6 Å². The van der Waals surface area contributed by atoms with Gasteiger partial charge in [0.1, 0.15) is 5.75 Å². The maximum Gasteiger partial charge on any atom is 0.260 e. The van der Waals surface area contributed by atoms with Crippen LogP contribution in [0, 0.1) is 0 Å². The van der Waals surface area contributed by atoms with Gasteiger partial charge >= 0.3 is 0 Å². The van der Waals surface area contributed by atoms with Gasteiger partial charge in [0.15, 0.2) is 6.61 Å². The standard InChI is InChI=1S/C14H18BrClN2O2/c15-10-4-5-13(12(16)7-10)20-9-14(19)18-6-2-1-3-11(18)8-17/h4-5,7,11H,1-3,6,8-9,17H2. The molecule has 1 aromatic rings. The van der Waals surface area contributed by atoms with Gasteiger partial charge in [-0.15, -0.1) is 0 Å². The summed E-state index contributed by atoms with van der Waals surface area (Å²) in [7, 11) is 0. The molecule has 1 atom stereocenters. The minimum atomic E-state index is -0.0286. The third-order valence-corrected chi connectivity index (χ3v) is 4.25. The predicted molar refractivity (Wildman–Crippen MR) is 83.1 cm³/mol. The lowest BCUT2D eigenvalue weighted by Gasteiger charge is -2.34. The van der Waals surface area contributed by atoms with Crippen molar-refractivity contribution in [1.82, 2.24) is 4.90 Å². The van der Waals surface area contributed by atoms with Gasteiger partial charge in [-0.2, -0.15) is 0 Å². The van der Waals surface area contributed by atoms with Gasteiger partial charge in [-0.1, -0.05) is 27.5 Å². The number of carbonyl (C=O) groups excluding carboxylic acids is 1. The Kier molecular flexibility index (Phi) is 5.69. The Morgan fingerprint density at radius 1 is 1.50 bits per heavy atom. The average Bonchev–Trinajstić information content (AvgIpc) is 2.46. The Morgan fingerprint density at radius 3 is 3.00 bits per heavy atom. The Balaban J connectivity index is 1.94. The second kappa shape index (κ2) is 7.29. The Bertz CT molecular complexity index is 484. The van der Waals surface area contributed by atoms with Gasteiger partial charge in [0.25, 0.3) is 5.91 Å². The Hall–Kier alpha value is -0.780. The molecule has 2 rings (SSSR count). The van der Waals surface area contributed by atoms with E-state index in [0.717, 1.165) is 30.3 Å². The average molecular weight is 362 g/mol. The monoisotopic (exact) mass is 360 g/mol. The number of hydrogen-bond acceptors (Lipinski definition) is 3. The number of piperidine rings is 1. The smallest absolute Gasteiger partial charge is 0.260 e. The van der Waals surface area contributed by atoms with E-state index in [1.165, 1.54) is 0 Å². The highest BCUT2D eigenvalue weighted by atomic mass is 79.9. The fourth-order valence-electron chi connectivity index (χ4n) is 2.39. The van der Waals surface area contributed by atoms with Crippen LogP contribution in [0.2, 0.25) is 5.02 Å².